The van der Waals surface area contributed by atoms with Crippen LogP contribution in [0.1, 0.15) is 36.7 Å². The summed E-state index contributed by atoms with van der Waals surface area (Å²) in [6, 6.07) is 8.08. The predicted octanol–water partition coefficient (Wildman–Crippen LogP) is 3.87. The Morgan fingerprint density at radius 1 is 1.44 bits per heavy atom. The molecule has 2 heterocycles. The van der Waals surface area contributed by atoms with E-state index in [1.54, 1.807) is 11.3 Å². The Morgan fingerprint density at radius 3 is 2.96 bits per heavy atom. The summed E-state index contributed by atoms with van der Waals surface area (Å²) in [5.74, 6) is 0.551. The number of thiazole rings is 1. The van der Waals surface area contributed by atoms with Crippen LogP contribution < -0.4 is 10.6 Å². The number of nitrogens with two attached hydrogens (primary N) is 1. The van der Waals surface area contributed by atoms with Gasteiger partial charge in [0.1, 0.15) is 5.69 Å². The second kappa shape index (κ2) is 7.41. The number of rotatable bonds is 5. The van der Waals surface area contributed by atoms with Crippen molar-refractivity contribution in [1.29, 1.82) is 0 Å². The Labute approximate surface area is 169 Å². The minimum absolute atomic E-state index is 0.0135. The summed E-state index contributed by atoms with van der Waals surface area (Å²) in [6.07, 6.45) is 3.33. The van der Waals surface area contributed by atoms with Crippen LogP contribution in [0, 0.1) is 5.92 Å². The summed E-state index contributed by atoms with van der Waals surface area (Å²) in [6.45, 7) is 3.42. The molecule has 144 valence electrons. The largest absolute Gasteiger partial charge is 0.351 e. The zero-order chi connectivity index (χ0) is 19.1. The van der Waals surface area contributed by atoms with Gasteiger partial charge >= 0.3 is 0 Å². The predicted molar refractivity (Wildman–Crippen MR) is 112 cm³/mol. The first-order chi connectivity index (χ1) is 13.0. The first-order valence-corrected chi connectivity index (χ1v) is 10.7. The number of piperidine rings is 1. The molecule has 0 unspecified atom stereocenters. The van der Waals surface area contributed by atoms with E-state index in [4.69, 9.17) is 22.3 Å². The average Bonchev–Trinajstić information content (AvgIpc) is 3.40. The lowest BCUT2D eigenvalue weighted by molar-refractivity contribution is 0.0598. The zero-order valence-electron chi connectivity index (χ0n) is 15.7. The van der Waals surface area contributed by atoms with Crippen LogP contribution in [0.5, 0.6) is 0 Å². The molecule has 2 aliphatic rings. The number of hydrogen-bond acceptors (Lipinski definition) is 5. The lowest BCUT2D eigenvalue weighted by Gasteiger charge is -2.34. The van der Waals surface area contributed by atoms with Gasteiger partial charge in [0.25, 0.3) is 5.91 Å². The molecule has 1 aromatic heterocycles. The molecule has 3 atom stereocenters. The number of anilines is 1. The lowest BCUT2D eigenvalue weighted by Crippen LogP contribution is -2.48. The average molecular weight is 405 g/mol. The number of nitrogens with zero attached hydrogens (tertiary/aromatic N) is 3. The number of aromatic nitrogens is 1. The molecular weight excluding hydrogens is 380 g/mol. The van der Waals surface area contributed by atoms with Gasteiger partial charge in [-0.1, -0.05) is 35.1 Å². The number of amides is 1. The molecule has 1 saturated carbocycles. The number of halogens is 1. The van der Waals surface area contributed by atoms with Crippen LogP contribution >= 0.6 is 22.9 Å². The molecule has 7 heteroatoms. The van der Waals surface area contributed by atoms with Gasteiger partial charge < -0.3 is 15.5 Å². The van der Waals surface area contributed by atoms with E-state index in [9.17, 15) is 4.79 Å². The number of carbonyl (C=O) groups is 1. The lowest BCUT2D eigenvalue weighted by atomic mass is 9.98. The summed E-state index contributed by atoms with van der Waals surface area (Å²) < 4.78 is 0. The Kier molecular flexibility index (Phi) is 5.14. The van der Waals surface area contributed by atoms with Crippen molar-refractivity contribution < 1.29 is 4.79 Å². The van der Waals surface area contributed by atoms with Crippen LogP contribution in [-0.2, 0) is 0 Å². The number of likely N-dealkylation sites (tertiary alicyclic amines) is 1. The van der Waals surface area contributed by atoms with Crippen molar-refractivity contribution in [2.75, 3.05) is 25.0 Å². The van der Waals surface area contributed by atoms with E-state index in [2.05, 4.69) is 11.8 Å². The Morgan fingerprint density at radius 2 is 2.26 bits per heavy atom. The smallest absolute Gasteiger partial charge is 0.274 e. The van der Waals surface area contributed by atoms with Crippen molar-refractivity contribution >= 4 is 34.0 Å². The van der Waals surface area contributed by atoms with Gasteiger partial charge in [-0.15, -0.1) is 0 Å². The monoisotopic (exact) mass is 404 g/mol. The van der Waals surface area contributed by atoms with Crippen molar-refractivity contribution in [2.24, 2.45) is 11.7 Å². The summed E-state index contributed by atoms with van der Waals surface area (Å²) in [4.78, 5) is 23.3. The number of fused-ring (bicyclic) bond motifs is 2. The minimum atomic E-state index is 0.0135. The number of hydrogen-bond donors (Lipinski definition) is 1. The molecule has 1 aliphatic heterocycles. The van der Waals surface area contributed by atoms with Crippen LogP contribution in [0.2, 0.25) is 5.02 Å². The normalized spacial score (nSPS) is 23.9. The molecule has 0 spiro atoms. The number of benzene rings is 1. The summed E-state index contributed by atoms with van der Waals surface area (Å²) in [5.41, 5.74) is 7.50. The fourth-order valence-corrected chi connectivity index (χ4v) is 5.68. The fraction of sp³-hybridized carbons (Fsp3) is 0.500. The van der Waals surface area contributed by atoms with Crippen LogP contribution in [0.4, 0.5) is 5.13 Å². The third kappa shape index (κ3) is 3.24. The van der Waals surface area contributed by atoms with Gasteiger partial charge in [-0.2, -0.15) is 0 Å². The van der Waals surface area contributed by atoms with Gasteiger partial charge in [0, 0.05) is 37.2 Å². The third-order valence-electron chi connectivity index (χ3n) is 5.92. The topological polar surface area (TPSA) is 62.5 Å². The maximum absolute atomic E-state index is 13.6. The molecule has 2 bridgehead atoms. The molecule has 1 amide bonds. The van der Waals surface area contributed by atoms with Crippen LogP contribution in [0.15, 0.2) is 24.3 Å². The standard InChI is InChI=1S/C20H25ClN4OS/c1-3-24(2)20-23-17(18(27-20)13-5-4-6-14(21)9-13)19(26)25-15-8-7-12(10-15)16(25)11-22/h4-6,9,12,15-16H,3,7-8,10-11,22H2,1-2H3/t12-,15+,16-/m0/s1. The van der Waals surface area contributed by atoms with Gasteiger partial charge in [0.05, 0.1) is 4.88 Å². The molecule has 1 aromatic carbocycles. The SMILES string of the molecule is CCN(C)c1nc(C(=O)N2[C@@H]3CC[C@@H](C3)[C@@H]2CN)c(-c2cccc(Cl)c2)s1. The highest BCUT2D eigenvalue weighted by Gasteiger charge is 2.48. The van der Waals surface area contributed by atoms with Crippen LogP contribution in [0.25, 0.3) is 10.4 Å². The molecule has 1 aliphatic carbocycles. The van der Waals surface area contributed by atoms with Crippen LogP contribution in [-0.4, -0.2) is 48.0 Å². The molecule has 1 saturated heterocycles. The Balaban J connectivity index is 1.77. The first-order valence-electron chi connectivity index (χ1n) is 9.54. The maximum Gasteiger partial charge on any atom is 0.274 e. The van der Waals surface area contributed by atoms with Crippen molar-refractivity contribution in [3.63, 3.8) is 0 Å². The second-order valence-corrected chi connectivity index (χ2v) is 8.86. The molecule has 4 rings (SSSR count). The fourth-order valence-electron chi connectivity index (χ4n) is 4.41. The van der Waals surface area contributed by atoms with Gasteiger partial charge in [-0.05, 0) is 49.8 Å². The maximum atomic E-state index is 13.6. The van der Waals surface area contributed by atoms with Gasteiger partial charge in [0.15, 0.2) is 5.13 Å². The van der Waals surface area contributed by atoms with E-state index in [1.165, 1.54) is 6.42 Å². The zero-order valence-corrected chi connectivity index (χ0v) is 17.3. The Hall–Kier alpha value is -1.63. The third-order valence-corrected chi connectivity index (χ3v) is 7.38. The molecule has 27 heavy (non-hydrogen) atoms. The highest BCUT2D eigenvalue weighted by atomic mass is 35.5. The van der Waals surface area contributed by atoms with E-state index in [0.29, 0.717) is 29.2 Å². The van der Waals surface area contributed by atoms with Gasteiger partial charge in [-0.3, -0.25) is 4.79 Å². The molecule has 2 aromatic rings. The molecule has 0 radical (unpaired) electrons. The Bertz CT molecular complexity index is 854. The van der Waals surface area contributed by atoms with Crippen LogP contribution in [0.3, 0.4) is 0 Å². The number of carbonyl (C=O) groups excluding carboxylic acids is 1. The van der Waals surface area contributed by atoms with E-state index in [1.807, 2.05) is 36.2 Å². The van der Waals surface area contributed by atoms with E-state index >= 15 is 0 Å². The van der Waals surface area contributed by atoms with E-state index in [0.717, 1.165) is 35.0 Å². The van der Waals surface area contributed by atoms with E-state index in [-0.39, 0.29) is 11.9 Å². The second-order valence-electron chi connectivity index (χ2n) is 7.44. The quantitative estimate of drug-likeness (QED) is 0.821. The van der Waals surface area contributed by atoms with Crippen molar-refractivity contribution in [3.8, 4) is 10.4 Å². The molecule has 5 nitrogen and oxygen atoms in total. The van der Waals surface area contributed by atoms with Crippen molar-refractivity contribution in [1.82, 2.24) is 9.88 Å². The minimum Gasteiger partial charge on any atom is -0.351 e. The van der Waals surface area contributed by atoms with Gasteiger partial charge in [-0.25, -0.2) is 4.98 Å². The van der Waals surface area contributed by atoms with Gasteiger partial charge in [0.2, 0.25) is 0 Å². The molecular formula is C20H25ClN4OS. The summed E-state index contributed by atoms with van der Waals surface area (Å²) >= 11 is 7.76. The molecule has 2 N–H and O–H groups in total. The first kappa shape index (κ1) is 18.7. The highest BCUT2D eigenvalue weighted by Crippen LogP contribution is 2.44. The van der Waals surface area contributed by atoms with Crippen molar-refractivity contribution in [3.05, 3.63) is 35.0 Å². The molecule has 2 fully saturated rings. The van der Waals surface area contributed by atoms with E-state index < -0.39 is 0 Å². The summed E-state index contributed by atoms with van der Waals surface area (Å²) in [7, 11) is 2.00. The highest BCUT2D eigenvalue weighted by molar-refractivity contribution is 7.19. The van der Waals surface area contributed by atoms with Crippen molar-refractivity contribution in [2.45, 2.75) is 38.3 Å². The summed E-state index contributed by atoms with van der Waals surface area (Å²) in [5, 5.41) is 1.51.